The first-order valence-electron chi connectivity index (χ1n) is 8.38. The van der Waals surface area contributed by atoms with Crippen LogP contribution in [-0.2, 0) is 11.8 Å². The largest absolute Gasteiger partial charge is 0.508 e. The summed E-state index contributed by atoms with van der Waals surface area (Å²) in [4.78, 5) is 1.97. The van der Waals surface area contributed by atoms with Gasteiger partial charge in [-0.25, -0.2) is 0 Å². The second-order valence-electron chi connectivity index (χ2n) is 7.70. The van der Waals surface area contributed by atoms with Crippen molar-refractivity contribution in [1.29, 1.82) is 0 Å². The average Bonchev–Trinajstić information content (AvgIpc) is 2.85. The molecule has 2 aliphatic rings. The Morgan fingerprint density at radius 3 is 2.54 bits per heavy atom. The highest BCUT2D eigenvalue weighted by molar-refractivity contribution is 5.39. The van der Waals surface area contributed by atoms with Crippen molar-refractivity contribution in [2.45, 2.75) is 37.5 Å². The van der Waals surface area contributed by atoms with E-state index in [0.29, 0.717) is 30.9 Å². The van der Waals surface area contributed by atoms with Crippen molar-refractivity contribution >= 4 is 0 Å². The van der Waals surface area contributed by atoms with E-state index in [1.54, 1.807) is 0 Å². The number of phenols is 1. The van der Waals surface area contributed by atoms with Gasteiger partial charge < -0.3 is 15.1 Å². The van der Waals surface area contributed by atoms with E-state index in [1.165, 1.54) is 6.07 Å². The maximum absolute atomic E-state index is 13.1. The lowest BCUT2D eigenvalue weighted by Gasteiger charge is -2.45. The molecular weight excluding hydrogens is 319 g/mol. The van der Waals surface area contributed by atoms with E-state index < -0.39 is 23.1 Å². The smallest absolute Gasteiger partial charge is 0.416 e. The summed E-state index contributed by atoms with van der Waals surface area (Å²) in [5.41, 5.74) is -2.04. The molecule has 2 fully saturated rings. The molecule has 0 aromatic heterocycles. The van der Waals surface area contributed by atoms with Crippen molar-refractivity contribution in [1.82, 2.24) is 4.90 Å². The summed E-state index contributed by atoms with van der Waals surface area (Å²) in [6.45, 7) is 0.616. The lowest BCUT2D eigenvalue weighted by molar-refractivity contribution is -0.138. The fourth-order valence-electron chi connectivity index (χ4n) is 4.70. The number of fused-ring (bicyclic) bond motifs is 2. The molecular formula is C18H24F3NO2. The van der Waals surface area contributed by atoms with Crippen LogP contribution in [-0.4, -0.2) is 35.8 Å². The van der Waals surface area contributed by atoms with Gasteiger partial charge in [0.2, 0.25) is 0 Å². The van der Waals surface area contributed by atoms with Gasteiger partial charge in [0.25, 0.3) is 0 Å². The molecule has 24 heavy (non-hydrogen) atoms. The third kappa shape index (κ3) is 3.14. The Labute approximate surface area is 140 Å². The Balaban J connectivity index is 2.05. The molecule has 1 aromatic carbocycles. The number of aliphatic hydroxyl groups is 1. The molecule has 0 saturated heterocycles. The van der Waals surface area contributed by atoms with Gasteiger partial charge in [0.1, 0.15) is 5.75 Å². The Kier molecular flexibility index (Phi) is 4.33. The lowest BCUT2D eigenvalue weighted by Crippen LogP contribution is -2.47. The summed E-state index contributed by atoms with van der Waals surface area (Å²) >= 11 is 0. The lowest BCUT2D eigenvalue weighted by atomic mass is 9.65. The maximum Gasteiger partial charge on any atom is 0.416 e. The molecule has 0 radical (unpaired) electrons. The van der Waals surface area contributed by atoms with Crippen molar-refractivity contribution in [2.24, 2.45) is 17.8 Å². The van der Waals surface area contributed by atoms with Crippen molar-refractivity contribution in [2.75, 3.05) is 20.6 Å². The number of aromatic hydroxyl groups is 1. The zero-order chi connectivity index (χ0) is 17.7. The number of halogens is 3. The molecule has 0 aliphatic heterocycles. The Morgan fingerprint density at radius 1 is 1.21 bits per heavy atom. The molecule has 2 bridgehead atoms. The van der Waals surface area contributed by atoms with E-state index in [1.807, 2.05) is 19.0 Å². The molecule has 1 aromatic rings. The predicted molar refractivity (Wildman–Crippen MR) is 84.5 cm³/mol. The number of hydrogen-bond donors (Lipinski definition) is 2. The van der Waals surface area contributed by atoms with Crippen LogP contribution >= 0.6 is 0 Å². The van der Waals surface area contributed by atoms with Crippen LogP contribution in [0.5, 0.6) is 5.75 Å². The minimum absolute atomic E-state index is 0.130. The SMILES string of the molecule is CN(C)C[C@H]1C2CCC(C2)C[C@]1(O)c1cc(O)cc(C(F)(F)F)c1. The fourth-order valence-corrected chi connectivity index (χ4v) is 4.70. The number of rotatable bonds is 3. The quantitative estimate of drug-likeness (QED) is 0.881. The molecule has 2 N–H and O–H groups in total. The van der Waals surface area contributed by atoms with Crippen molar-refractivity contribution in [3.05, 3.63) is 29.3 Å². The van der Waals surface area contributed by atoms with Gasteiger partial charge in [-0.3, -0.25) is 0 Å². The van der Waals surface area contributed by atoms with Gasteiger partial charge in [0.15, 0.2) is 0 Å². The molecule has 3 nitrogen and oxygen atoms in total. The second kappa shape index (κ2) is 5.92. The van der Waals surface area contributed by atoms with Gasteiger partial charge in [-0.15, -0.1) is 0 Å². The fraction of sp³-hybridized carbons (Fsp3) is 0.667. The van der Waals surface area contributed by atoms with Crippen molar-refractivity contribution in [3.63, 3.8) is 0 Å². The summed E-state index contributed by atoms with van der Waals surface area (Å²) in [7, 11) is 3.82. The molecule has 0 heterocycles. The number of benzene rings is 1. The summed E-state index contributed by atoms with van der Waals surface area (Å²) in [6, 6.07) is 3.01. The third-order valence-electron chi connectivity index (χ3n) is 5.67. The van der Waals surface area contributed by atoms with Gasteiger partial charge in [-0.2, -0.15) is 13.2 Å². The monoisotopic (exact) mass is 343 g/mol. The van der Waals surface area contributed by atoms with E-state index in [9.17, 15) is 23.4 Å². The van der Waals surface area contributed by atoms with Crippen LogP contribution in [0, 0.1) is 17.8 Å². The first-order chi connectivity index (χ1) is 11.1. The molecule has 6 heteroatoms. The average molecular weight is 343 g/mol. The second-order valence-corrected chi connectivity index (χ2v) is 7.70. The van der Waals surface area contributed by atoms with E-state index in [-0.39, 0.29) is 11.5 Å². The molecule has 2 saturated carbocycles. The first-order valence-corrected chi connectivity index (χ1v) is 8.38. The summed E-state index contributed by atoms with van der Waals surface area (Å²) < 4.78 is 39.3. The molecule has 4 atom stereocenters. The number of hydrogen-bond acceptors (Lipinski definition) is 3. The van der Waals surface area contributed by atoms with Crippen LogP contribution < -0.4 is 0 Å². The molecule has 134 valence electrons. The van der Waals surface area contributed by atoms with Gasteiger partial charge in [0.05, 0.1) is 11.2 Å². The van der Waals surface area contributed by atoms with Crippen LogP contribution in [0.15, 0.2) is 18.2 Å². The van der Waals surface area contributed by atoms with Gasteiger partial charge in [0, 0.05) is 12.5 Å². The highest BCUT2D eigenvalue weighted by Gasteiger charge is 2.51. The standard InChI is InChI=1S/C18H24F3NO2/c1-22(2)10-16-12-4-3-11(5-12)9-17(16,24)13-6-14(18(19,20)21)8-15(23)7-13/h6-8,11-12,16,23-24H,3-5,9-10H2,1-2H3/t11?,12?,16-,17-/m0/s1. The van der Waals surface area contributed by atoms with Gasteiger partial charge in [-0.05, 0) is 69.0 Å². The van der Waals surface area contributed by atoms with E-state index in [2.05, 4.69) is 0 Å². The number of nitrogens with zero attached hydrogens (tertiary/aromatic N) is 1. The summed E-state index contributed by atoms with van der Waals surface area (Å²) in [5.74, 6) is 0.0758. The molecule has 0 amide bonds. The van der Waals surface area contributed by atoms with Crippen LogP contribution in [0.3, 0.4) is 0 Å². The van der Waals surface area contributed by atoms with Gasteiger partial charge in [-0.1, -0.05) is 6.42 Å². The zero-order valence-corrected chi connectivity index (χ0v) is 14.0. The molecule has 0 spiro atoms. The zero-order valence-electron chi connectivity index (χ0n) is 14.0. The van der Waals surface area contributed by atoms with Crippen LogP contribution in [0.4, 0.5) is 13.2 Å². The van der Waals surface area contributed by atoms with Crippen molar-refractivity contribution in [3.8, 4) is 5.75 Å². The van der Waals surface area contributed by atoms with Gasteiger partial charge >= 0.3 is 6.18 Å². The highest BCUT2D eigenvalue weighted by Crippen LogP contribution is 2.55. The van der Waals surface area contributed by atoms with E-state index in [0.717, 1.165) is 25.3 Å². The minimum atomic E-state index is -4.55. The van der Waals surface area contributed by atoms with Crippen molar-refractivity contribution < 1.29 is 23.4 Å². The third-order valence-corrected chi connectivity index (χ3v) is 5.67. The highest BCUT2D eigenvalue weighted by atomic mass is 19.4. The number of phenolic OH excluding ortho intramolecular Hbond substituents is 1. The summed E-state index contributed by atoms with van der Waals surface area (Å²) in [6.07, 6.45) is -1.03. The van der Waals surface area contributed by atoms with Crippen LogP contribution in [0.1, 0.15) is 36.8 Å². The Bertz CT molecular complexity index is 617. The Morgan fingerprint density at radius 2 is 1.92 bits per heavy atom. The van der Waals surface area contributed by atoms with E-state index >= 15 is 0 Å². The first kappa shape index (κ1) is 17.5. The van der Waals surface area contributed by atoms with E-state index in [4.69, 9.17) is 0 Å². The maximum atomic E-state index is 13.1. The summed E-state index contributed by atoms with van der Waals surface area (Å²) in [5, 5.41) is 21.2. The van der Waals surface area contributed by atoms with Crippen LogP contribution in [0.25, 0.3) is 0 Å². The Hall–Kier alpha value is -1.27. The molecule has 3 rings (SSSR count). The molecule has 2 aliphatic carbocycles. The molecule has 2 unspecified atom stereocenters. The predicted octanol–water partition coefficient (Wildman–Crippen LogP) is 3.60. The van der Waals surface area contributed by atoms with Crippen LogP contribution in [0.2, 0.25) is 0 Å². The minimum Gasteiger partial charge on any atom is -0.508 e. The normalized spacial score (nSPS) is 33.2. The topological polar surface area (TPSA) is 43.7 Å². The number of alkyl halides is 3.